The van der Waals surface area contributed by atoms with Gasteiger partial charge in [-0.05, 0) is 24.6 Å². The molecule has 1 aromatic carbocycles. The number of rotatable bonds is 3. The lowest BCUT2D eigenvalue weighted by atomic mass is 10.1. The molecule has 1 heterocycles. The molecule has 0 aliphatic carbocycles. The average molecular weight is 286 g/mol. The molecule has 0 aliphatic rings. The summed E-state index contributed by atoms with van der Waals surface area (Å²) >= 11 is 0. The Balaban J connectivity index is 2.28. The minimum atomic E-state index is -0.369. The van der Waals surface area contributed by atoms with Crippen LogP contribution >= 0.6 is 0 Å². The molecule has 0 spiro atoms. The molecule has 2 aromatic rings. The van der Waals surface area contributed by atoms with Gasteiger partial charge in [-0.1, -0.05) is 17.3 Å². The number of nitrogens with zero attached hydrogens (tertiary/aromatic N) is 1. The number of carbonyl (C=O) groups is 1. The normalized spacial score (nSPS) is 11.2. The van der Waals surface area contributed by atoms with Crippen LogP contribution in [0, 0.1) is 6.92 Å². The highest BCUT2D eigenvalue weighted by Gasteiger charge is 2.09. The van der Waals surface area contributed by atoms with E-state index in [1.165, 1.54) is 18.3 Å². The van der Waals surface area contributed by atoms with Crippen LogP contribution in [-0.2, 0) is 0 Å². The van der Waals surface area contributed by atoms with Gasteiger partial charge in [-0.3, -0.25) is 9.59 Å². The highest BCUT2D eigenvalue weighted by atomic mass is 16.4. The summed E-state index contributed by atoms with van der Waals surface area (Å²) in [6, 6.07) is 7.73. The molecule has 5 N–H and O–H groups in total. The Morgan fingerprint density at radius 3 is 2.62 bits per heavy atom. The number of pyridine rings is 1. The van der Waals surface area contributed by atoms with Crippen LogP contribution in [-0.4, -0.2) is 21.9 Å². The van der Waals surface area contributed by atoms with Gasteiger partial charge in [0.15, 0.2) is 5.84 Å². The molecule has 0 atom stereocenters. The van der Waals surface area contributed by atoms with Crippen molar-refractivity contribution in [2.45, 2.75) is 6.92 Å². The van der Waals surface area contributed by atoms with E-state index in [1.54, 1.807) is 18.2 Å². The first-order valence-electron chi connectivity index (χ1n) is 6.10. The van der Waals surface area contributed by atoms with E-state index < -0.39 is 0 Å². The maximum atomic E-state index is 12.1. The van der Waals surface area contributed by atoms with Gasteiger partial charge in [0.2, 0.25) is 5.56 Å². The van der Waals surface area contributed by atoms with Crippen molar-refractivity contribution >= 4 is 17.4 Å². The molecule has 0 radical (unpaired) electrons. The lowest BCUT2D eigenvalue weighted by Crippen LogP contribution is -2.17. The summed E-state index contributed by atoms with van der Waals surface area (Å²) in [6.07, 6.45) is 1.33. The summed E-state index contributed by atoms with van der Waals surface area (Å²) in [5.41, 5.74) is 7.41. The van der Waals surface area contributed by atoms with Gasteiger partial charge in [0.25, 0.3) is 5.91 Å². The minimum Gasteiger partial charge on any atom is -0.409 e. The third-order valence-corrected chi connectivity index (χ3v) is 2.94. The zero-order valence-corrected chi connectivity index (χ0v) is 11.3. The SMILES string of the molecule is Cc1ccc(/C(N)=N/O)cc1NC(=O)c1ccc(=O)[nH]c1. The Bertz CT molecular complexity index is 745. The molecule has 2 rings (SSSR count). The van der Waals surface area contributed by atoms with Gasteiger partial charge in [-0.25, -0.2) is 0 Å². The van der Waals surface area contributed by atoms with Crippen LogP contribution in [0.3, 0.4) is 0 Å². The summed E-state index contributed by atoms with van der Waals surface area (Å²) in [5.74, 6) is -0.416. The largest absolute Gasteiger partial charge is 0.409 e. The fourth-order valence-electron chi connectivity index (χ4n) is 1.72. The molecule has 108 valence electrons. The number of hydrogen-bond donors (Lipinski definition) is 4. The first-order valence-corrected chi connectivity index (χ1v) is 6.10. The van der Waals surface area contributed by atoms with Crippen molar-refractivity contribution in [1.29, 1.82) is 0 Å². The highest BCUT2D eigenvalue weighted by molar-refractivity contribution is 6.05. The van der Waals surface area contributed by atoms with E-state index in [0.717, 1.165) is 5.56 Å². The van der Waals surface area contributed by atoms with Gasteiger partial charge in [0, 0.05) is 23.5 Å². The zero-order valence-electron chi connectivity index (χ0n) is 11.3. The van der Waals surface area contributed by atoms with Crippen molar-refractivity contribution in [3.63, 3.8) is 0 Å². The van der Waals surface area contributed by atoms with Crippen LogP contribution in [0.4, 0.5) is 5.69 Å². The Hall–Kier alpha value is -3.09. The predicted molar refractivity (Wildman–Crippen MR) is 78.7 cm³/mol. The molecular formula is C14H14N4O3. The molecule has 21 heavy (non-hydrogen) atoms. The Kier molecular flexibility index (Phi) is 4.03. The number of H-pyrrole nitrogens is 1. The van der Waals surface area contributed by atoms with E-state index in [4.69, 9.17) is 10.9 Å². The molecule has 7 heteroatoms. The summed E-state index contributed by atoms with van der Waals surface area (Å²) in [6.45, 7) is 1.82. The van der Waals surface area contributed by atoms with E-state index in [0.29, 0.717) is 16.8 Å². The number of amidine groups is 1. The summed E-state index contributed by atoms with van der Waals surface area (Å²) in [5, 5.41) is 14.3. The van der Waals surface area contributed by atoms with Gasteiger partial charge < -0.3 is 21.2 Å². The smallest absolute Gasteiger partial charge is 0.257 e. The number of aromatic amines is 1. The topological polar surface area (TPSA) is 121 Å². The van der Waals surface area contributed by atoms with Gasteiger partial charge in [-0.15, -0.1) is 0 Å². The molecule has 7 nitrogen and oxygen atoms in total. The van der Waals surface area contributed by atoms with Crippen molar-refractivity contribution < 1.29 is 10.0 Å². The lowest BCUT2D eigenvalue weighted by Gasteiger charge is -2.10. The van der Waals surface area contributed by atoms with Crippen LogP contribution in [0.25, 0.3) is 0 Å². The molecule has 0 saturated carbocycles. The summed E-state index contributed by atoms with van der Waals surface area (Å²) in [4.78, 5) is 25.5. The second-order valence-electron chi connectivity index (χ2n) is 4.41. The van der Waals surface area contributed by atoms with E-state index in [1.807, 2.05) is 6.92 Å². The second-order valence-corrected chi connectivity index (χ2v) is 4.41. The maximum absolute atomic E-state index is 12.1. The van der Waals surface area contributed by atoms with Gasteiger partial charge in [-0.2, -0.15) is 0 Å². The third-order valence-electron chi connectivity index (χ3n) is 2.94. The number of carbonyl (C=O) groups excluding carboxylic acids is 1. The monoisotopic (exact) mass is 286 g/mol. The van der Waals surface area contributed by atoms with Crippen LogP contribution in [0.5, 0.6) is 0 Å². The first kappa shape index (κ1) is 14.3. The number of aryl methyl sites for hydroxylation is 1. The number of nitrogens with two attached hydrogens (primary N) is 1. The molecule has 1 aromatic heterocycles. The van der Waals surface area contributed by atoms with E-state index >= 15 is 0 Å². The van der Waals surface area contributed by atoms with Crippen LogP contribution < -0.4 is 16.6 Å². The molecule has 0 bridgehead atoms. The van der Waals surface area contributed by atoms with Gasteiger partial charge in [0.1, 0.15) is 0 Å². The summed E-state index contributed by atoms with van der Waals surface area (Å²) in [7, 11) is 0. The number of benzene rings is 1. The number of amides is 1. The number of oxime groups is 1. The first-order chi connectivity index (χ1) is 10.0. The number of anilines is 1. The fraction of sp³-hybridized carbons (Fsp3) is 0.0714. The standard InChI is InChI=1S/C14H14N4O3/c1-8-2-3-9(13(15)18-21)6-11(8)17-14(20)10-4-5-12(19)16-7-10/h2-7,21H,1H3,(H2,15,18)(H,16,19)(H,17,20). The van der Waals surface area contributed by atoms with Crippen molar-refractivity contribution in [2.75, 3.05) is 5.32 Å². The van der Waals surface area contributed by atoms with Crippen LogP contribution in [0.2, 0.25) is 0 Å². The fourth-order valence-corrected chi connectivity index (χ4v) is 1.72. The highest BCUT2D eigenvalue weighted by Crippen LogP contribution is 2.17. The van der Waals surface area contributed by atoms with E-state index in [2.05, 4.69) is 15.5 Å². The third kappa shape index (κ3) is 3.27. The molecule has 1 amide bonds. The van der Waals surface area contributed by atoms with Crippen LogP contribution in [0.1, 0.15) is 21.5 Å². The molecular weight excluding hydrogens is 272 g/mol. The van der Waals surface area contributed by atoms with Crippen molar-refractivity contribution in [1.82, 2.24) is 4.98 Å². The zero-order chi connectivity index (χ0) is 15.4. The Morgan fingerprint density at radius 2 is 2.00 bits per heavy atom. The molecule has 0 fully saturated rings. The quantitative estimate of drug-likeness (QED) is 0.291. The van der Waals surface area contributed by atoms with Gasteiger partial charge in [0.05, 0.1) is 5.56 Å². The maximum Gasteiger partial charge on any atom is 0.257 e. The van der Waals surface area contributed by atoms with Crippen molar-refractivity contribution in [3.8, 4) is 0 Å². The Morgan fingerprint density at radius 1 is 1.29 bits per heavy atom. The minimum absolute atomic E-state index is 0.0467. The molecule has 0 saturated heterocycles. The Labute approximate surface area is 120 Å². The molecule has 0 aliphatic heterocycles. The number of hydrogen-bond acceptors (Lipinski definition) is 4. The van der Waals surface area contributed by atoms with E-state index in [-0.39, 0.29) is 17.3 Å². The van der Waals surface area contributed by atoms with Crippen molar-refractivity contribution in [3.05, 3.63) is 63.6 Å². The predicted octanol–water partition coefficient (Wildman–Crippen LogP) is 1.03. The van der Waals surface area contributed by atoms with E-state index in [9.17, 15) is 9.59 Å². The van der Waals surface area contributed by atoms with Crippen LogP contribution in [0.15, 0.2) is 46.5 Å². The van der Waals surface area contributed by atoms with Crippen molar-refractivity contribution in [2.24, 2.45) is 10.9 Å². The summed E-state index contributed by atoms with van der Waals surface area (Å²) < 4.78 is 0. The number of nitrogens with one attached hydrogen (secondary N) is 2. The lowest BCUT2D eigenvalue weighted by molar-refractivity contribution is 0.102. The van der Waals surface area contributed by atoms with Gasteiger partial charge >= 0.3 is 0 Å². The number of aromatic nitrogens is 1. The second kappa shape index (κ2) is 5.91. The molecule has 0 unspecified atom stereocenters. The average Bonchev–Trinajstić information content (AvgIpc) is 2.49.